The van der Waals surface area contributed by atoms with E-state index in [-0.39, 0.29) is 6.03 Å². The Balaban J connectivity index is 1.33. The van der Waals surface area contributed by atoms with Crippen LogP contribution in [0.3, 0.4) is 0 Å². The highest BCUT2D eigenvalue weighted by Gasteiger charge is 2.21. The van der Waals surface area contributed by atoms with Gasteiger partial charge in [-0.15, -0.1) is 0 Å². The van der Waals surface area contributed by atoms with Crippen LogP contribution in [0.15, 0.2) is 42.5 Å². The third kappa shape index (κ3) is 5.38. The van der Waals surface area contributed by atoms with Crippen LogP contribution in [0, 0.1) is 5.92 Å². The summed E-state index contributed by atoms with van der Waals surface area (Å²) >= 11 is 0. The topological polar surface area (TPSA) is 44.4 Å². The van der Waals surface area contributed by atoms with Crippen LogP contribution in [0.25, 0.3) is 0 Å². The first-order chi connectivity index (χ1) is 11.8. The van der Waals surface area contributed by atoms with Crippen molar-refractivity contribution in [2.45, 2.75) is 44.7 Å². The van der Waals surface area contributed by atoms with Crippen LogP contribution < -0.4 is 10.6 Å². The lowest BCUT2D eigenvalue weighted by atomic mass is 9.94. The van der Waals surface area contributed by atoms with Crippen molar-refractivity contribution < 1.29 is 4.79 Å². The number of urea groups is 1. The number of carbonyl (C=O) groups is 1. The number of hydrogen-bond acceptors (Lipinski definition) is 2. The molecule has 1 aliphatic carbocycles. The summed E-state index contributed by atoms with van der Waals surface area (Å²) in [4.78, 5) is 14.5. The van der Waals surface area contributed by atoms with E-state index < -0.39 is 0 Å². The Hall–Kier alpha value is -1.81. The van der Waals surface area contributed by atoms with Crippen molar-refractivity contribution in [2.24, 2.45) is 5.92 Å². The summed E-state index contributed by atoms with van der Waals surface area (Å²) in [6.07, 6.45) is 9.97. The van der Waals surface area contributed by atoms with Gasteiger partial charge in [0, 0.05) is 32.2 Å². The Kier molecular flexibility index (Phi) is 6.30. The number of nitrogens with one attached hydrogen (secondary N) is 2. The molecule has 4 heteroatoms. The third-order valence-corrected chi connectivity index (χ3v) is 5.10. The first-order valence-corrected chi connectivity index (χ1v) is 9.25. The van der Waals surface area contributed by atoms with Gasteiger partial charge < -0.3 is 10.6 Å². The van der Waals surface area contributed by atoms with Gasteiger partial charge in [0.05, 0.1) is 0 Å². The number of rotatable bonds is 5. The zero-order valence-electron chi connectivity index (χ0n) is 14.4. The van der Waals surface area contributed by atoms with Gasteiger partial charge in [-0.05, 0) is 43.6 Å². The molecule has 1 saturated heterocycles. The van der Waals surface area contributed by atoms with Crippen LogP contribution in [0.2, 0.25) is 0 Å². The number of allylic oxidation sites excluding steroid dienone is 2. The molecule has 3 rings (SSSR count). The van der Waals surface area contributed by atoms with E-state index >= 15 is 0 Å². The molecule has 0 radical (unpaired) electrons. The Morgan fingerprint density at radius 3 is 2.58 bits per heavy atom. The summed E-state index contributed by atoms with van der Waals surface area (Å²) in [7, 11) is 0. The van der Waals surface area contributed by atoms with Gasteiger partial charge in [-0.1, -0.05) is 42.5 Å². The van der Waals surface area contributed by atoms with Crippen molar-refractivity contribution in [3.63, 3.8) is 0 Å². The molecule has 24 heavy (non-hydrogen) atoms. The van der Waals surface area contributed by atoms with Gasteiger partial charge in [0.2, 0.25) is 0 Å². The molecule has 1 aromatic carbocycles. The fourth-order valence-electron chi connectivity index (χ4n) is 3.59. The molecular weight excluding hydrogens is 298 g/mol. The maximum absolute atomic E-state index is 12.1. The molecule has 2 amide bonds. The highest BCUT2D eigenvalue weighted by Crippen LogP contribution is 2.17. The number of likely N-dealkylation sites (tertiary alicyclic amines) is 1. The van der Waals surface area contributed by atoms with Crippen molar-refractivity contribution in [2.75, 3.05) is 19.6 Å². The van der Waals surface area contributed by atoms with Crippen LogP contribution >= 0.6 is 0 Å². The Morgan fingerprint density at radius 1 is 1.08 bits per heavy atom. The monoisotopic (exact) mass is 327 g/mol. The second-order valence-corrected chi connectivity index (χ2v) is 7.04. The highest BCUT2D eigenvalue weighted by atomic mass is 16.2. The second-order valence-electron chi connectivity index (χ2n) is 7.04. The fraction of sp³-hybridized carbons (Fsp3) is 0.550. The quantitative estimate of drug-likeness (QED) is 0.815. The zero-order chi connectivity index (χ0) is 16.6. The van der Waals surface area contributed by atoms with Crippen molar-refractivity contribution >= 4 is 6.03 Å². The molecule has 4 nitrogen and oxygen atoms in total. The largest absolute Gasteiger partial charge is 0.338 e. The molecule has 2 aliphatic rings. The minimum Gasteiger partial charge on any atom is -0.338 e. The minimum atomic E-state index is 0.00561. The molecule has 0 saturated carbocycles. The van der Waals surface area contributed by atoms with Crippen LogP contribution in [-0.4, -0.2) is 36.6 Å². The molecule has 0 bridgehead atoms. The molecular formula is C20H29N3O. The predicted octanol–water partition coefficient (Wildman–Crippen LogP) is 3.31. The average molecular weight is 327 g/mol. The van der Waals surface area contributed by atoms with Crippen LogP contribution in [0.5, 0.6) is 0 Å². The SMILES string of the molecule is O=C(NCC1CC=CCC1)NC1CCN(Cc2ccccc2)CC1. The number of carbonyl (C=O) groups excluding carboxylic acids is 1. The molecule has 1 atom stereocenters. The Morgan fingerprint density at radius 2 is 1.88 bits per heavy atom. The summed E-state index contributed by atoms with van der Waals surface area (Å²) in [6, 6.07) is 10.9. The smallest absolute Gasteiger partial charge is 0.315 e. The van der Waals surface area contributed by atoms with E-state index in [0.717, 1.165) is 51.9 Å². The second kappa shape index (κ2) is 8.88. The molecule has 1 fully saturated rings. The van der Waals surface area contributed by atoms with Gasteiger partial charge in [0.25, 0.3) is 0 Å². The van der Waals surface area contributed by atoms with Gasteiger partial charge in [0.15, 0.2) is 0 Å². The lowest BCUT2D eigenvalue weighted by Gasteiger charge is -2.32. The number of piperidine rings is 1. The fourth-order valence-corrected chi connectivity index (χ4v) is 3.59. The van der Waals surface area contributed by atoms with Gasteiger partial charge in [-0.3, -0.25) is 4.90 Å². The van der Waals surface area contributed by atoms with Crippen LogP contribution in [0.4, 0.5) is 4.79 Å². The van der Waals surface area contributed by atoms with E-state index in [4.69, 9.17) is 0 Å². The van der Waals surface area contributed by atoms with Crippen molar-refractivity contribution in [3.05, 3.63) is 48.0 Å². The summed E-state index contributed by atoms with van der Waals surface area (Å²) in [5.74, 6) is 0.605. The molecule has 0 spiro atoms. The number of nitrogens with zero attached hydrogens (tertiary/aromatic N) is 1. The molecule has 1 heterocycles. The Labute approximate surface area is 145 Å². The van der Waals surface area contributed by atoms with Crippen LogP contribution in [-0.2, 0) is 6.54 Å². The lowest BCUT2D eigenvalue weighted by molar-refractivity contribution is 0.186. The third-order valence-electron chi connectivity index (χ3n) is 5.10. The summed E-state index contributed by atoms with van der Waals surface area (Å²) < 4.78 is 0. The van der Waals surface area contributed by atoms with Crippen molar-refractivity contribution in [3.8, 4) is 0 Å². The molecule has 1 unspecified atom stereocenters. The number of amides is 2. The summed E-state index contributed by atoms with van der Waals surface area (Å²) in [5.41, 5.74) is 1.36. The Bertz CT molecular complexity index is 535. The minimum absolute atomic E-state index is 0.00561. The van der Waals surface area contributed by atoms with E-state index in [1.54, 1.807) is 0 Å². The van der Waals surface area contributed by atoms with Crippen molar-refractivity contribution in [1.29, 1.82) is 0 Å². The van der Waals surface area contributed by atoms with Gasteiger partial charge >= 0.3 is 6.03 Å². The summed E-state index contributed by atoms with van der Waals surface area (Å²) in [5, 5.41) is 6.20. The van der Waals surface area contributed by atoms with Gasteiger partial charge in [-0.2, -0.15) is 0 Å². The molecule has 1 aliphatic heterocycles. The zero-order valence-corrected chi connectivity index (χ0v) is 14.4. The maximum Gasteiger partial charge on any atom is 0.315 e. The number of benzene rings is 1. The summed E-state index contributed by atoms with van der Waals surface area (Å²) in [6.45, 7) is 3.90. The van der Waals surface area contributed by atoms with Gasteiger partial charge in [-0.25, -0.2) is 4.79 Å². The predicted molar refractivity (Wildman–Crippen MR) is 97.8 cm³/mol. The van der Waals surface area contributed by atoms with Crippen molar-refractivity contribution in [1.82, 2.24) is 15.5 Å². The lowest BCUT2D eigenvalue weighted by Crippen LogP contribution is -2.48. The van der Waals surface area contributed by atoms with E-state index in [1.165, 1.54) is 12.0 Å². The van der Waals surface area contributed by atoms with E-state index in [9.17, 15) is 4.79 Å². The number of hydrogen-bond donors (Lipinski definition) is 2. The first-order valence-electron chi connectivity index (χ1n) is 9.25. The normalized spacial score (nSPS) is 22.2. The van der Waals surface area contributed by atoms with Gasteiger partial charge in [0.1, 0.15) is 0 Å². The average Bonchev–Trinajstić information content (AvgIpc) is 2.63. The van der Waals surface area contributed by atoms with E-state index in [0.29, 0.717) is 12.0 Å². The first kappa shape index (κ1) is 17.0. The van der Waals surface area contributed by atoms with Crippen LogP contribution in [0.1, 0.15) is 37.7 Å². The molecule has 2 N–H and O–H groups in total. The van der Waals surface area contributed by atoms with E-state index in [1.807, 2.05) is 0 Å². The molecule has 130 valence electrons. The standard InChI is InChI=1S/C20H29N3O/c24-20(21-15-17-7-3-1-4-8-17)22-19-11-13-23(14-12-19)16-18-9-5-2-6-10-18/h1-3,5-6,9-10,17,19H,4,7-8,11-16H2,(H2,21,22,24). The maximum atomic E-state index is 12.1. The molecule has 0 aromatic heterocycles. The highest BCUT2D eigenvalue weighted by molar-refractivity contribution is 5.74. The molecule has 1 aromatic rings. The van der Waals surface area contributed by atoms with E-state index in [2.05, 4.69) is 58.0 Å².